The number of anilines is 1. The Kier molecular flexibility index (Phi) is 4.02. The molecule has 6 heteroatoms. The Balaban J connectivity index is 0.000000810. The third-order valence-electron chi connectivity index (χ3n) is 0.749. The molecule has 10 heavy (non-hydrogen) atoms. The summed E-state index contributed by atoms with van der Waals surface area (Å²) in [6.07, 6.45) is 2.92. The summed E-state index contributed by atoms with van der Waals surface area (Å²) in [5, 5.41) is 0.494. The van der Waals surface area contributed by atoms with Crippen LogP contribution < -0.4 is 11.3 Å². The van der Waals surface area contributed by atoms with Gasteiger partial charge in [-0.15, -0.1) is 12.4 Å². The Labute approximate surface area is 69.2 Å². The van der Waals surface area contributed by atoms with Crippen molar-refractivity contribution in [3.8, 4) is 0 Å². The van der Waals surface area contributed by atoms with E-state index in [2.05, 4.69) is 15.4 Å². The quantitative estimate of drug-likeness (QED) is 0.497. The van der Waals surface area contributed by atoms with Gasteiger partial charge in [0, 0.05) is 0 Å². The normalized spacial score (nSPS) is 8.20. The summed E-state index contributed by atoms with van der Waals surface area (Å²) >= 11 is 5.48. The van der Waals surface area contributed by atoms with E-state index in [1.807, 2.05) is 0 Å². The highest BCUT2D eigenvalue weighted by atomic mass is 35.5. The van der Waals surface area contributed by atoms with E-state index in [0.717, 1.165) is 0 Å². The van der Waals surface area contributed by atoms with E-state index in [4.69, 9.17) is 17.4 Å². The lowest BCUT2D eigenvalue weighted by atomic mass is 10.7. The lowest BCUT2D eigenvalue weighted by Crippen LogP contribution is -2.09. The molecular formula is C4H6Cl2N4. The minimum Gasteiger partial charge on any atom is -0.292 e. The molecule has 0 bridgehead atoms. The summed E-state index contributed by atoms with van der Waals surface area (Å²) in [6, 6.07) is 0. The van der Waals surface area contributed by atoms with Crippen molar-refractivity contribution in [2.24, 2.45) is 5.84 Å². The maximum Gasteiger partial charge on any atom is 0.237 e. The summed E-state index contributed by atoms with van der Waals surface area (Å²) in [5.41, 5.74) is 2.27. The zero-order chi connectivity index (χ0) is 6.69. The van der Waals surface area contributed by atoms with Gasteiger partial charge >= 0.3 is 0 Å². The van der Waals surface area contributed by atoms with Crippen LogP contribution in [0.5, 0.6) is 0 Å². The number of nitrogens with one attached hydrogen (secondary N) is 1. The molecule has 0 saturated carbocycles. The van der Waals surface area contributed by atoms with Gasteiger partial charge in [0.2, 0.25) is 5.95 Å². The van der Waals surface area contributed by atoms with Crippen molar-refractivity contribution in [2.45, 2.75) is 0 Å². The summed E-state index contributed by atoms with van der Waals surface area (Å²) in [7, 11) is 0. The van der Waals surface area contributed by atoms with Crippen LogP contribution in [0.15, 0.2) is 12.4 Å². The van der Waals surface area contributed by atoms with Crippen LogP contribution in [0.25, 0.3) is 0 Å². The first-order valence-electron chi connectivity index (χ1n) is 2.27. The Bertz CT molecular complexity index is 187. The lowest BCUT2D eigenvalue weighted by molar-refractivity contribution is 1.12. The van der Waals surface area contributed by atoms with Gasteiger partial charge < -0.3 is 0 Å². The van der Waals surface area contributed by atoms with Crippen LogP contribution in [-0.4, -0.2) is 9.97 Å². The number of rotatable bonds is 1. The van der Waals surface area contributed by atoms with E-state index >= 15 is 0 Å². The minimum atomic E-state index is 0. The van der Waals surface area contributed by atoms with Crippen LogP contribution in [0.3, 0.4) is 0 Å². The molecule has 0 saturated heterocycles. The van der Waals surface area contributed by atoms with E-state index < -0.39 is 0 Å². The summed E-state index contributed by atoms with van der Waals surface area (Å²) in [6.45, 7) is 0. The van der Waals surface area contributed by atoms with Gasteiger partial charge in [0.1, 0.15) is 0 Å². The molecule has 0 unspecified atom stereocenters. The Hall–Kier alpha value is -0.580. The van der Waals surface area contributed by atoms with E-state index in [-0.39, 0.29) is 12.4 Å². The largest absolute Gasteiger partial charge is 0.292 e. The molecule has 0 spiro atoms. The monoisotopic (exact) mass is 180 g/mol. The van der Waals surface area contributed by atoms with Gasteiger partial charge in [-0.3, -0.25) is 5.43 Å². The van der Waals surface area contributed by atoms with Crippen molar-refractivity contribution in [3.63, 3.8) is 0 Å². The van der Waals surface area contributed by atoms with Gasteiger partial charge in [-0.05, 0) is 0 Å². The fourth-order valence-electron chi connectivity index (χ4n) is 0.387. The smallest absolute Gasteiger partial charge is 0.237 e. The average molecular weight is 181 g/mol. The van der Waals surface area contributed by atoms with Crippen LogP contribution in [0.4, 0.5) is 5.95 Å². The predicted molar refractivity (Wildman–Crippen MR) is 42.1 cm³/mol. The SMILES string of the molecule is Cl.NNc1ncc(Cl)cn1. The van der Waals surface area contributed by atoms with Crippen LogP contribution in [-0.2, 0) is 0 Å². The van der Waals surface area contributed by atoms with Crippen LogP contribution in [0.1, 0.15) is 0 Å². The summed E-state index contributed by atoms with van der Waals surface area (Å²) in [4.78, 5) is 7.44. The zero-order valence-corrected chi connectivity index (χ0v) is 6.49. The molecule has 1 aromatic rings. The van der Waals surface area contributed by atoms with Gasteiger partial charge in [0.25, 0.3) is 0 Å². The second-order valence-electron chi connectivity index (χ2n) is 1.37. The molecule has 0 radical (unpaired) electrons. The highest BCUT2D eigenvalue weighted by Crippen LogP contribution is 2.03. The fourth-order valence-corrected chi connectivity index (χ4v) is 0.484. The molecule has 1 aromatic heterocycles. The Morgan fingerprint density at radius 3 is 2.30 bits per heavy atom. The fraction of sp³-hybridized carbons (Fsp3) is 0. The highest BCUT2D eigenvalue weighted by Gasteiger charge is 1.88. The van der Waals surface area contributed by atoms with Gasteiger partial charge in [0.15, 0.2) is 0 Å². The molecule has 0 aliphatic heterocycles. The topological polar surface area (TPSA) is 63.8 Å². The molecule has 0 aliphatic rings. The first kappa shape index (κ1) is 9.42. The number of hydrogen-bond acceptors (Lipinski definition) is 4. The maximum absolute atomic E-state index is 5.48. The number of hydrazine groups is 1. The number of nitrogen functional groups attached to an aromatic ring is 1. The molecule has 0 aliphatic carbocycles. The second kappa shape index (κ2) is 4.27. The molecule has 3 N–H and O–H groups in total. The standard InChI is InChI=1S/C4H5ClN4.ClH/c5-3-1-7-4(9-6)8-2-3;/h1-2H,6H2,(H,7,8,9);1H. The zero-order valence-electron chi connectivity index (χ0n) is 4.91. The number of halogens is 2. The molecule has 1 heterocycles. The van der Waals surface area contributed by atoms with Crippen molar-refractivity contribution in [1.82, 2.24) is 9.97 Å². The maximum atomic E-state index is 5.48. The molecule has 56 valence electrons. The third-order valence-corrected chi connectivity index (χ3v) is 0.945. The highest BCUT2D eigenvalue weighted by molar-refractivity contribution is 6.30. The van der Waals surface area contributed by atoms with Crippen molar-refractivity contribution in [3.05, 3.63) is 17.4 Å². The van der Waals surface area contributed by atoms with Gasteiger partial charge in [-0.2, -0.15) is 0 Å². The molecule has 1 rings (SSSR count). The van der Waals surface area contributed by atoms with Crippen molar-refractivity contribution >= 4 is 30.0 Å². The lowest BCUT2D eigenvalue weighted by Gasteiger charge is -1.93. The first-order valence-corrected chi connectivity index (χ1v) is 2.65. The van der Waals surface area contributed by atoms with Crippen molar-refractivity contribution in [1.29, 1.82) is 0 Å². The Morgan fingerprint density at radius 2 is 1.90 bits per heavy atom. The number of hydrogen-bond donors (Lipinski definition) is 2. The van der Waals surface area contributed by atoms with Crippen LogP contribution >= 0.6 is 24.0 Å². The van der Waals surface area contributed by atoms with Gasteiger partial charge in [-0.25, -0.2) is 15.8 Å². The van der Waals surface area contributed by atoms with E-state index in [1.54, 1.807) is 0 Å². The van der Waals surface area contributed by atoms with Gasteiger partial charge in [-0.1, -0.05) is 11.6 Å². The van der Waals surface area contributed by atoms with Gasteiger partial charge in [0.05, 0.1) is 17.4 Å². The third kappa shape index (κ3) is 2.34. The summed E-state index contributed by atoms with van der Waals surface area (Å²) in [5.74, 6) is 5.34. The molecule has 4 nitrogen and oxygen atoms in total. The molecule has 0 fully saturated rings. The number of nitrogens with zero attached hydrogens (tertiary/aromatic N) is 2. The van der Waals surface area contributed by atoms with Crippen LogP contribution in [0.2, 0.25) is 5.02 Å². The number of aromatic nitrogens is 2. The predicted octanol–water partition coefficient (Wildman–Crippen LogP) is 0.837. The number of nitrogens with two attached hydrogens (primary N) is 1. The van der Waals surface area contributed by atoms with Crippen molar-refractivity contribution in [2.75, 3.05) is 5.43 Å². The summed E-state index contributed by atoms with van der Waals surface area (Å²) < 4.78 is 0. The molecular weight excluding hydrogens is 175 g/mol. The van der Waals surface area contributed by atoms with Crippen molar-refractivity contribution < 1.29 is 0 Å². The van der Waals surface area contributed by atoms with E-state index in [1.165, 1.54) is 12.4 Å². The first-order chi connectivity index (χ1) is 4.33. The van der Waals surface area contributed by atoms with Crippen LogP contribution in [0, 0.1) is 0 Å². The Morgan fingerprint density at radius 1 is 1.40 bits per heavy atom. The average Bonchev–Trinajstić information content (AvgIpc) is 1.90. The molecule has 0 atom stereocenters. The van der Waals surface area contributed by atoms with E-state index in [9.17, 15) is 0 Å². The van der Waals surface area contributed by atoms with E-state index in [0.29, 0.717) is 11.0 Å². The second-order valence-corrected chi connectivity index (χ2v) is 1.81. The molecule has 0 amide bonds. The minimum absolute atomic E-state index is 0. The molecule has 0 aromatic carbocycles.